The van der Waals surface area contributed by atoms with Crippen LogP contribution in [0.15, 0.2) is 60.9 Å². The van der Waals surface area contributed by atoms with Crippen molar-refractivity contribution >= 4 is 6.41 Å². The minimum atomic E-state index is 0.186. The lowest BCUT2D eigenvalue weighted by Gasteiger charge is -2.35. The van der Waals surface area contributed by atoms with Gasteiger partial charge in [0, 0.05) is 37.6 Å². The van der Waals surface area contributed by atoms with E-state index in [-0.39, 0.29) is 6.04 Å². The Morgan fingerprint density at radius 3 is 2.81 bits per heavy atom. The van der Waals surface area contributed by atoms with Crippen molar-refractivity contribution in [2.75, 3.05) is 6.67 Å². The molecule has 1 amide bonds. The van der Waals surface area contributed by atoms with Crippen molar-refractivity contribution < 1.29 is 4.79 Å². The van der Waals surface area contributed by atoms with Gasteiger partial charge in [0.25, 0.3) is 0 Å². The molecule has 0 fully saturated rings. The van der Waals surface area contributed by atoms with Gasteiger partial charge in [0.1, 0.15) is 0 Å². The normalized spacial score (nSPS) is 15.5. The second-order valence-corrected chi connectivity index (χ2v) is 7.99. The largest absolute Gasteiger partial charge is 0.346 e. The highest BCUT2D eigenvalue weighted by Gasteiger charge is 2.27. The molecular formula is C25H29N5O. The number of carbonyl (C=O) groups is 1. The molecule has 0 bridgehead atoms. The van der Waals surface area contributed by atoms with Gasteiger partial charge in [0.15, 0.2) is 0 Å². The third-order valence-electron chi connectivity index (χ3n) is 5.96. The van der Waals surface area contributed by atoms with Gasteiger partial charge in [0.2, 0.25) is 6.41 Å². The standard InChI is InChI=1S/C25H29N5O/c26-15-21-10-9-19(13-22(21)14-23-7-1-2-11-28-23)16-30(17-27-18-31)24-8-3-5-20-6-4-12-29-25(20)24/h1-2,4,6-7,9-13,18,24H,3,5,8,14-17,26H2,(H,27,31). The van der Waals surface area contributed by atoms with E-state index < -0.39 is 0 Å². The highest BCUT2D eigenvalue weighted by molar-refractivity contribution is 5.45. The first kappa shape index (κ1) is 21.2. The minimum Gasteiger partial charge on any atom is -0.346 e. The second kappa shape index (κ2) is 10.3. The van der Waals surface area contributed by atoms with E-state index in [2.05, 4.69) is 44.5 Å². The minimum absolute atomic E-state index is 0.186. The van der Waals surface area contributed by atoms with Crippen LogP contribution in [-0.4, -0.2) is 27.9 Å². The fourth-order valence-electron chi connectivity index (χ4n) is 4.44. The zero-order valence-electron chi connectivity index (χ0n) is 17.7. The van der Waals surface area contributed by atoms with Gasteiger partial charge in [-0.15, -0.1) is 0 Å². The van der Waals surface area contributed by atoms with E-state index in [9.17, 15) is 4.79 Å². The zero-order chi connectivity index (χ0) is 21.5. The summed E-state index contributed by atoms with van der Waals surface area (Å²) in [6.07, 6.45) is 8.42. The lowest BCUT2D eigenvalue weighted by molar-refractivity contribution is -0.110. The highest BCUT2D eigenvalue weighted by atomic mass is 16.1. The molecule has 0 saturated carbocycles. The maximum absolute atomic E-state index is 11.1. The summed E-state index contributed by atoms with van der Waals surface area (Å²) in [6.45, 7) is 1.71. The van der Waals surface area contributed by atoms with Gasteiger partial charge in [-0.3, -0.25) is 19.7 Å². The summed E-state index contributed by atoms with van der Waals surface area (Å²) in [7, 11) is 0. The van der Waals surface area contributed by atoms with Crippen LogP contribution in [0.1, 0.15) is 52.5 Å². The van der Waals surface area contributed by atoms with Crippen molar-refractivity contribution in [3.8, 4) is 0 Å². The van der Waals surface area contributed by atoms with E-state index in [1.165, 1.54) is 16.7 Å². The summed E-state index contributed by atoms with van der Waals surface area (Å²) in [6, 6.07) is 16.8. The number of benzene rings is 1. The van der Waals surface area contributed by atoms with Crippen LogP contribution in [0.2, 0.25) is 0 Å². The second-order valence-electron chi connectivity index (χ2n) is 7.99. The number of carbonyl (C=O) groups excluding carboxylic acids is 1. The monoisotopic (exact) mass is 415 g/mol. The van der Waals surface area contributed by atoms with Gasteiger partial charge in [0.05, 0.1) is 18.4 Å². The van der Waals surface area contributed by atoms with Crippen LogP contribution in [0.25, 0.3) is 0 Å². The predicted molar refractivity (Wildman–Crippen MR) is 121 cm³/mol. The van der Waals surface area contributed by atoms with Crippen LogP contribution >= 0.6 is 0 Å². The number of hydrogen-bond donors (Lipinski definition) is 2. The number of aryl methyl sites for hydroxylation is 1. The van der Waals surface area contributed by atoms with Crippen molar-refractivity contribution in [1.29, 1.82) is 0 Å². The number of amides is 1. The summed E-state index contributed by atoms with van der Waals surface area (Å²) in [5, 5.41) is 2.86. The summed E-state index contributed by atoms with van der Waals surface area (Å²) in [4.78, 5) is 22.5. The lowest BCUT2D eigenvalue weighted by atomic mass is 9.90. The molecule has 1 unspecified atom stereocenters. The van der Waals surface area contributed by atoms with Crippen molar-refractivity contribution in [2.24, 2.45) is 5.73 Å². The molecule has 160 valence electrons. The highest BCUT2D eigenvalue weighted by Crippen LogP contribution is 2.33. The van der Waals surface area contributed by atoms with E-state index in [0.717, 1.165) is 55.6 Å². The molecule has 0 aliphatic heterocycles. The number of nitrogens with zero attached hydrogens (tertiary/aromatic N) is 3. The topological polar surface area (TPSA) is 84.1 Å². The van der Waals surface area contributed by atoms with Crippen LogP contribution < -0.4 is 11.1 Å². The molecule has 3 N–H and O–H groups in total. The Hall–Kier alpha value is -3.09. The maximum atomic E-state index is 11.1. The van der Waals surface area contributed by atoms with E-state index in [1.54, 1.807) is 0 Å². The van der Waals surface area contributed by atoms with Crippen molar-refractivity contribution in [1.82, 2.24) is 20.2 Å². The summed E-state index contributed by atoms with van der Waals surface area (Å²) in [5.74, 6) is 0. The zero-order valence-corrected chi connectivity index (χ0v) is 17.7. The van der Waals surface area contributed by atoms with Gasteiger partial charge < -0.3 is 11.1 Å². The van der Waals surface area contributed by atoms with Gasteiger partial charge in [-0.05, 0) is 59.7 Å². The number of nitrogens with two attached hydrogens (primary N) is 1. The average Bonchev–Trinajstić information content (AvgIpc) is 2.82. The quantitative estimate of drug-likeness (QED) is 0.414. The van der Waals surface area contributed by atoms with E-state index in [0.29, 0.717) is 13.2 Å². The molecular weight excluding hydrogens is 386 g/mol. The summed E-state index contributed by atoms with van der Waals surface area (Å²) < 4.78 is 0. The third kappa shape index (κ3) is 5.16. The number of pyridine rings is 2. The molecule has 0 saturated heterocycles. The molecule has 4 rings (SSSR count). The first-order valence-electron chi connectivity index (χ1n) is 10.8. The Bertz CT molecular complexity index is 1010. The van der Waals surface area contributed by atoms with Gasteiger partial charge in [-0.25, -0.2) is 0 Å². The lowest BCUT2D eigenvalue weighted by Crippen LogP contribution is -2.38. The molecule has 2 aromatic heterocycles. The molecule has 1 aromatic carbocycles. The summed E-state index contributed by atoms with van der Waals surface area (Å²) in [5.41, 5.74) is 13.0. The molecule has 1 atom stereocenters. The average molecular weight is 416 g/mol. The van der Waals surface area contributed by atoms with Crippen LogP contribution in [-0.2, 0) is 30.7 Å². The Balaban J connectivity index is 1.60. The van der Waals surface area contributed by atoms with Crippen LogP contribution in [0.3, 0.4) is 0 Å². The van der Waals surface area contributed by atoms with Crippen LogP contribution in [0.5, 0.6) is 0 Å². The fourth-order valence-corrected chi connectivity index (χ4v) is 4.44. The Morgan fingerprint density at radius 2 is 2.00 bits per heavy atom. The molecule has 1 aliphatic rings. The van der Waals surface area contributed by atoms with Crippen molar-refractivity contribution in [3.63, 3.8) is 0 Å². The third-order valence-corrected chi connectivity index (χ3v) is 5.96. The van der Waals surface area contributed by atoms with Crippen LogP contribution in [0, 0.1) is 0 Å². The number of aromatic nitrogens is 2. The predicted octanol–water partition coefficient (Wildman–Crippen LogP) is 3.11. The molecule has 0 spiro atoms. The molecule has 1 aliphatic carbocycles. The number of fused-ring (bicyclic) bond motifs is 1. The summed E-state index contributed by atoms with van der Waals surface area (Å²) >= 11 is 0. The fraction of sp³-hybridized carbons (Fsp3) is 0.320. The maximum Gasteiger partial charge on any atom is 0.208 e. The smallest absolute Gasteiger partial charge is 0.208 e. The Morgan fingerprint density at radius 1 is 1.10 bits per heavy atom. The molecule has 6 heteroatoms. The molecule has 3 aromatic rings. The number of nitrogens with one attached hydrogen (secondary N) is 1. The molecule has 0 radical (unpaired) electrons. The van der Waals surface area contributed by atoms with Crippen molar-refractivity contribution in [3.05, 3.63) is 94.6 Å². The van der Waals surface area contributed by atoms with Crippen molar-refractivity contribution in [2.45, 2.75) is 44.8 Å². The molecule has 2 heterocycles. The van der Waals surface area contributed by atoms with E-state index >= 15 is 0 Å². The van der Waals surface area contributed by atoms with E-state index in [4.69, 9.17) is 5.73 Å². The first-order valence-corrected chi connectivity index (χ1v) is 10.8. The number of hydrogen-bond acceptors (Lipinski definition) is 5. The Kier molecular flexibility index (Phi) is 7.02. The van der Waals surface area contributed by atoms with Gasteiger partial charge in [-0.1, -0.05) is 30.3 Å². The van der Waals surface area contributed by atoms with Gasteiger partial charge in [-0.2, -0.15) is 0 Å². The molecule has 6 nitrogen and oxygen atoms in total. The SMILES string of the molecule is NCc1ccc(CN(CNC=O)C2CCCc3cccnc32)cc1Cc1ccccn1. The van der Waals surface area contributed by atoms with E-state index in [1.807, 2.05) is 36.7 Å². The first-order chi connectivity index (χ1) is 15.3. The Labute approximate surface area is 183 Å². The molecule has 31 heavy (non-hydrogen) atoms. The number of rotatable bonds is 9. The van der Waals surface area contributed by atoms with Crippen LogP contribution in [0.4, 0.5) is 0 Å². The van der Waals surface area contributed by atoms with Gasteiger partial charge >= 0.3 is 0 Å².